The van der Waals surface area contributed by atoms with Gasteiger partial charge in [-0.2, -0.15) is 0 Å². The minimum absolute atomic E-state index is 0.171. The summed E-state index contributed by atoms with van der Waals surface area (Å²) < 4.78 is 23.5. The van der Waals surface area contributed by atoms with Crippen molar-refractivity contribution in [1.29, 1.82) is 0 Å². The van der Waals surface area contributed by atoms with Crippen LogP contribution in [-0.2, 0) is 14.3 Å². The summed E-state index contributed by atoms with van der Waals surface area (Å²) in [5.41, 5.74) is 1.94. The van der Waals surface area contributed by atoms with Crippen LogP contribution in [0.25, 0.3) is 0 Å². The van der Waals surface area contributed by atoms with Crippen molar-refractivity contribution in [2.24, 2.45) is 0 Å². The smallest absolute Gasteiger partial charge is 0.345 e. The summed E-state index contributed by atoms with van der Waals surface area (Å²) in [4.78, 5) is 24.3. The maximum Gasteiger partial charge on any atom is 0.345 e. The van der Waals surface area contributed by atoms with Crippen molar-refractivity contribution in [3.63, 3.8) is 0 Å². The van der Waals surface area contributed by atoms with Crippen LogP contribution in [0.3, 0.4) is 0 Å². The molecule has 114 valence electrons. The highest BCUT2D eigenvalue weighted by molar-refractivity contribution is 6.25. The summed E-state index contributed by atoms with van der Waals surface area (Å²) in [5, 5.41) is 0. The number of carbonyl (C=O) groups is 2. The third kappa shape index (κ3) is 2.96. The Labute approximate surface area is 123 Å². The van der Waals surface area contributed by atoms with E-state index in [1.807, 2.05) is 0 Å². The zero-order chi connectivity index (χ0) is 16.3. The Bertz CT molecular complexity index is 601. The largest absolute Gasteiger partial charge is 0.503 e. The lowest BCUT2D eigenvalue weighted by Gasteiger charge is -2.16. The van der Waals surface area contributed by atoms with Crippen LogP contribution in [0, 0.1) is 33.5 Å². The highest BCUT2D eigenvalue weighted by Crippen LogP contribution is 2.27. The molecule has 0 spiro atoms. The first kappa shape index (κ1) is 16.9. The number of hydrogen-bond acceptors (Lipinski definition) is 4. The number of esters is 1. The third-order valence-electron chi connectivity index (χ3n) is 3.65. The number of hydrogen-bond donors (Lipinski definition) is 0. The number of rotatable bonds is 4. The molecule has 0 aliphatic carbocycles. The Morgan fingerprint density at radius 1 is 0.952 bits per heavy atom. The molecule has 21 heavy (non-hydrogen) atoms. The molecule has 1 rings (SSSR count). The van der Waals surface area contributed by atoms with Crippen molar-refractivity contribution in [3.05, 3.63) is 45.5 Å². The highest BCUT2D eigenvalue weighted by Gasteiger charge is 2.27. The van der Waals surface area contributed by atoms with Gasteiger partial charge in [-0.1, -0.05) is 0 Å². The molecule has 0 atom stereocenters. The van der Waals surface area contributed by atoms with Crippen LogP contribution in [0.15, 0.2) is 11.8 Å². The maximum atomic E-state index is 14.2. The normalized spacial score (nSPS) is 11.3. The van der Waals surface area contributed by atoms with Crippen LogP contribution < -0.4 is 0 Å². The topological polar surface area (TPSA) is 52.6 Å². The molecule has 0 amide bonds. The average molecular weight is 294 g/mol. The van der Waals surface area contributed by atoms with E-state index in [1.54, 1.807) is 20.8 Å². The van der Waals surface area contributed by atoms with E-state index >= 15 is 0 Å². The van der Waals surface area contributed by atoms with E-state index in [0.29, 0.717) is 16.7 Å². The van der Waals surface area contributed by atoms with Crippen molar-refractivity contribution >= 4 is 11.8 Å². The molecule has 0 unspecified atom stereocenters. The second-order valence-corrected chi connectivity index (χ2v) is 4.78. The summed E-state index contributed by atoms with van der Waals surface area (Å²) >= 11 is 0. The zero-order valence-corrected chi connectivity index (χ0v) is 13.1. The number of Topliss-reactive ketones (excluding diaryl/α,β-unsaturated/α-hetero) is 1. The molecular formula is C16H19FO4. The summed E-state index contributed by atoms with van der Waals surface area (Å²) in [6.45, 7) is 6.64. The first-order chi connectivity index (χ1) is 9.77. The molecule has 0 aromatic heterocycles. The van der Waals surface area contributed by atoms with Crippen molar-refractivity contribution in [2.45, 2.75) is 27.7 Å². The van der Waals surface area contributed by atoms with Crippen LogP contribution in [0.2, 0.25) is 0 Å². The summed E-state index contributed by atoms with van der Waals surface area (Å²) in [5.74, 6) is -1.87. The number of methoxy groups -OCH3 is 2. The van der Waals surface area contributed by atoms with Crippen molar-refractivity contribution in [2.75, 3.05) is 14.2 Å². The fourth-order valence-electron chi connectivity index (χ4n) is 2.20. The zero-order valence-electron chi connectivity index (χ0n) is 13.1. The van der Waals surface area contributed by atoms with Gasteiger partial charge < -0.3 is 9.47 Å². The Morgan fingerprint density at radius 2 is 1.52 bits per heavy atom. The predicted molar refractivity (Wildman–Crippen MR) is 76.8 cm³/mol. The molecule has 5 heteroatoms. The van der Waals surface area contributed by atoms with Crippen molar-refractivity contribution in [3.8, 4) is 0 Å². The highest BCUT2D eigenvalue weighted by atomic mass is 19.1. The minimum Gasteiger partial charge on any atom is -0.503 e. The van der Waals surface area contributed by atoms with Gasteiger partial charge in [-0.3, -0.25) is 4.79 Å². The molecule has 0 bridgehead atoms. The van der Waals surface area contributed by atoms with Gasteiger partial charge in [-0.25, -0.2) is 9.18 Å². The molecule has 0 aliphatic heterocycles. The van der Waals surface area contributed by atoms with E-state index in [0.717, 1.165) is 6.26 Å². The number of carbonyl (C=O) groups excluding carboxylic acids is 2. The average Bonchev–Trinajstić information content (AvgIpc) is 2.47. The van der Waals surface area contributed by atoms with E-state index in [4.69, 9.17) is 4.74 Å². The second kappa shape index (κ2) is 6.52. The molecule has 0 saturated heterocycles. The molecule has 1 aromatic carbocycles. The number of ketones is 1. The van der Waals surface area contributed by atoms with Crippen LogP contribution in [0.4, 0.5) is 4.39 Å². The lowest BCUT2D eigenvalue weighted by molar-refractivity contribution is -0.135. The fourth-order valence-corrected chi connectivity index (χ4v) is 2.20. The lowest BCUT2D eigenvalue weighted by atomic mass is 9.89. The van der Waals surface area contributed by atoms with Gasteiger partial charge >= 0.3 is 5.97 Å². The van der Waals surface area contributed by atoms with Gasteiger partial charge in [0.25, 0.3) is 0 Å². The van der Waals surface area contributed by atoms with Crippen molar-refractivity contribution < 1.29 is 23.5 Å². The second-order valence-electron chi connectivity index (χ2n) is 4.78. The van der Waals surface area contributed by atoms with E-state index in [2.05, 4.69) is 4.74 Å². The molecule has 0 heterocycles. The quantitative estimate of drug-likeness (QED) is 0.214. The summed E-state index contributed by atoms with van der Waals surface area (Å²) in [7, 11) is 2.48. The molecule has 0 radical (unpaired) electrons. The molecule has 0 aliphatic rings. The van der Waals surface area contributed by atoms with Gasteiger partial charge in [0.15, 0.2) is 0 Å². The number of halogens is 1. The molecule has 1 aromatic rings. The number of ether oxygens (including phenoxy) is 2. The Morgan fingerprint density at radius 3 is 2.00 bits per heavy atom. The van der Waals surface area contributed by atoms with Crippen molar-refractivity contribution in [1.82, 2.24) is 0 Å². The Kier molecular flexibility index (Phi) is 5.24. The first-order valence-corrected chi connectivity index (χ1v) is 6.39. The Balaban J connectivity index is 3.57. The van der Waals surface area contributed by atoms with Gasteiger partial charge in [0.1, 0.15) is 17.7 Å². The predicted octanol–water partition coefficient (Wildman–Crippen LogP) is 2.95. The van der Waals surface area contributed by atoms with Gasteiger partial charge in [0.2, 0.25) is 5.78 Å². The van der Waals surface area contributed by atoms with E-state index in [9.17, 15) is 14.0 Å². The summed E-state index contributed by atoms with van der Waals surface area (Å²) in [6, 6.07) is 0. The maximum absolute atomic E-state index is 14.2. The standard InChI is InChI=1S/C16H19FO4/c1-8-9(2)13(11(4)14(17)10(8)3)15(18)12(7-20-5)16(19)21-6/h7H,1-6H3. The van der Waals surface area contributed by atoms with Gasteiger partial charge in [0, 0.05) is 5.56 Å². The summed E-state index contributed by atoms with van der Waals surface area (Å²) in [6.07, 6.45) is 1.01. The van der Waals surface area contributed by atoms with Crippen LogP contribution in [0.1, 0.15) is 32.6 Å². The molecule has 4 nitrogen and oxygen atoms in total. The van der Waals surface area contributed by atoms with E-state index < -0.39 is 17.6 Å². The van der Waals surface area contributed by atoms with Gasteiger partial charge in [0.05, 0.1) is 14.2 Å². The van der Waals surface area contributed by atoms with Gasteiger partial charge in [-0.15, -0.1) is 0 Å². The third-order valence-corrected chi connectivity index (χ3v) is 3.65. The fraction of sp³-hybridized carbons (Fsp3) is 0.375. The SMILES string of the molecule is COC=C(C(=O)OC)C(=O)c1c(C)c(C)c(C)c(F)c1C. The molecule has 0 saturated carbocycles. The Hall–Kier alpha value is -2.17. The monoisotopic (exact) mass is 294 g/mol. The van der Waals surface area contributed by atoms with Crippen LogP contribution >= 0.6 is 0 Å². The minimum atomic E-state index is -0.820. The van der Waals surface area contributed by atoms with Gasteiger partial charge in [-0.05, 0) is 49.9 Å². The molecule has 0 fully saturated rings. The lowest BCUT2D eigenvalue weighted by Crippen LogP contribution is -2.18. The molecular weight excluding hydrogens is 275 g/mol. The van der Waals surface area contributed by atoms with E-state index in [-0.39, 0.29) is 16.7 Å². The first-order valence-electron chi connectivity index (χ1n) is 6.39. The van der Waals surface area contributed by atoms with Crippen LogP contribution in [0.5, 0.6) is 0 Å². The van der Waals surface area contributed by atoms with E-state index in [1.165, 1.54) is 21.1 Å². The van der Waals surface area contributed by atoms with Crippen LogP contribution in [-0.4, -0.2) is 26.0 Å². The number of benzene rings is 1. The molecule has 0 N–H and O–H groups in total.